The van der Waals surface area contributed by atoms with Crippen molar-refractivity contribution in [2.45, 2.75) is 0 Å². The molecule has 1 aromatic carbocycles. The molecular weight excluding hydrogens is 374 g/mol. The third-order valence-electron chi connectivity index (χ3n) is 4.20. The molecule has 8 nitrogen and oxygen atoms in total. The number of carbonyl (C=O) groups excluding carboxylic acids is 2. The fourth-order valence-electron chi connectivity index (χ4n) is 2.74. The second-order valence-electron chi connectivity index (χ2n) is 6.03. The molecule has 0 aliphatic carbocycles. The third kappa shape index (κ3) is 4.70. The van der Waals surface area contributed by atoms with Gasteiger partial charge in [0.15, 0.2) is 18.1 Å². The van der Waals surface area contributed by atoms with Crippen LogP contribution in [-0.4, -0.2) is 66.9 Å². The number of benzene rings is 1. The van der Waals surface area contributed by atoms with Crippen LogP contribution < -0.4 is 9.64 Å². The molecule has 28 heavy (non-hydrogen) atoms. The number of methoxy groups -OCH3 is 1. The maximum Gasteiger partial charge on any atom is 0.358 e. The van der Waals surface area contributed by atoms with E-state index in [0.29, 0.717) is 32.0 Å². The van der Waals surface area contributed by atoms with Gasteiger partial charge >= 0.3 is 5.97 Å². The summed E-state index contributed by atoms with van der Waals surface area (Å²) >= 11 is 0. The molecule has 0 radical (unpaired) electrons. The lowest BCUT2D eigenvalue weighted by atomic mass is 10.3. The predicted octanol–water partition coefficient (Wildman–Crippen LogP) is 1.27. The molecule has 1 aromatic heterocycles. The fourth-order valence-corrected chi connectivity index (χ4v) is 2.74. The zero-order valence-corrected chi connectivity index (χ0v) is 15.1. The van der Waals surface area contributed by atoms with Crippen LogP contribution in [0.5, 0.6) is 5.75 Å². The minimum atomic E-state index is -0.768. The second kappa shape index (κ2) is 8.59. The van der Waals surface area contributed by atoms with E-state index in [1.807, 2.05) is 4.90 Å². The highest BCUT2D eigenvalue weighted by Crippen LogP contribution is 2.16. The molecule has 0 spiro atoms. The van der Waals surface area contributed by atoms with Crippen molar-refractivity contribution in [3.05, 3.63) is 47.7 Å². The number of hydrogen-bond donors (Lipinski definition) is 0. The average molecular weight is 392 g/mol. The summed E-state index contributed by atoms with van der Waals surface area (Å²) in [6.07, 6.45) is 0. The van der Waals surface area contributed by atoms with E-state index in [-0.39, 0.29) is 24.0 Å². The number of rotatable bonds is 5. The van der Waals surface area contributed by atoms with Crippen LogP contribution in [-0.2, 0) is 9.53 Å². The van der Waals surface area contributed by atoms with Crippen LogP contribution in [0, 0.1) is 11.6 Å². The van der Waals surface area contributed by atoms with Crippen LogP contribution in [0.25, 0.3) is 0 Å². The molecule has 0 unspecified atom stereocenters. The van der Waals surface area contributed by atoms with Crippen LogP contribution in [0.4, 0.5) is 14.6 Å². The highest BCUT2D eigenvalue weighted by atomic mass is 19.1. The molecule has 0 saturated carbocycles. The minimum Gasteiger partial charge on any atom is -0.484 e. The highest BCUT2D eigenvalue weighted by Gasteiger charge is 2.23. The van der Waals surface area contributed by atoms with Gasteiger partial charge in [0.2, 0.25) is 0 Å². The lowest BCUT2D eigenvalue weighted by Crippen LogP contribution is -2.50. The Bertz CT molecular complexity index is 835. The standard InChI is InChI=1S/C18H18F2N4O4/c1-27-18(26)15-2-3-16(22-21-15)23-4-6-24(7-5-23)17(25)11-28-14-9-12(19)8-13(20)10-14/h2-3,8-10H,4-7,11H2,1H3. The van der Waals surface area contributed by atoms with Gasteiger partial charge in [-0.15, -0.1) is 10.2 Å². The summed E-state index contributed by atoms with van der Waals surface area (Å²) in [6, 6.07) is 5.96. The normalized spacial score (nSPS) is 14.0. The van der Waals surface area contributed by atoms with Crippen molar-refractivity contribution >= 4 is 17.7 Å². The fraction of sp³-hybridized carbons (Fsp3) is 0.333. The Morgan fingerprint density at radius 1 is 1.04 bits per heavy atom. The summed E-state index contributed by atoms with van der Waals surface area (Å²) in [6.45, 7) is 1.59. The maximum atomic E-state index is 13.1. The molecule has 2 heterocycles. The number of aromatic nitrogens is 2. The number of halogens is 2. The first kappa shape index (κ1) is 19.5. The molecule has 0 bridgehead atoms. The third-order valence-corrected chi connectivity index (χ3v) is 4.20. The quantitative estimate of drug-likeness (QED) is 0.709. The van der Waals surface area contributed by atoms with Crippen molar-refractivity contribution in [1.82, 2.24) is 15.1 Å². The number of esters is 1. The van der Waals surface area contributed by atoms with Crippen molar-refractivity contribution in [2.24, 2.45) is 0 Å². The number of amides is 1. The molecule has 1 fully saturated rings. The second-order valence-corrected chi connectivity index (χ2v) is 6.03. The number of piperazine rings is 1. The summed E-state index contributed by atoms with van der Waals surface area (Å²) < 4.78 is 36.1. The minimum absolute atomic E-state index is 0.0366. The number of hydrogen-bond acceptors (Lipinski definition) is 7. The molecule has 1 aliphatic rings. The van der Waals surface area contributed by atoms with Gasteiger partial charge in [-0.05, 0) is 12.1 Å². The Balaban J connectivity index is 1.50. The van der Waals surface area contributed by atoms with E-state index in [9.17, 15) is 18.4 Å². The summed E-state index contributed by atoms with van der Waals surface area (Å²) in [5.41, 5.74) is 0.117. The van der Waals surface area contributed by atoms with E-state index >= 15 is 0 Å². The Hall–Kier alpha value is -3.30. The largest absolute Gasteiger partial charge is 0.484 e. The maximum absolute atomic E-state index is 13.1. The summed E-state index contributed by atoms with van der Waals surface area (Å²) in [5.74, 6) is -1.83. The molecular formula is C18H18F2N4O4. The molecule has 148 valence electrons. The summed E-state index contributed by atoms with van der Waals surface area (Å²) in [7, 11) is 1.27. The van der Waals surface area contributed by atoms with E-state index in [2.05, 4.69) is 14.9 Å². The average Bonchev–Trinajstić information content (AvgIpc) is 2.71. The SMILES string of the molecule is COC(=O)c1ccc(N2CCN(C(=O)COc3cc(F)cc(F)c3)CC2)nn1. The van der Waals surface area contributed by atoms with Crippen molar-refractivity contribution in [2.75, 3.05) is 44.8 Å². The van der Waals surface area contributed by atoms with E-state index in [4.69, 9.17) is 4.74 Å². The Kier molecular flexibility index (Phi) is 5.97. The van der Waals surface area contributed by atoms with Gasteiger partial charge in [0, 0.05) is 44.4 Å². The number of nitrogens with zero attached hydrogens (tertiary/aromatic N) is 4. The summed E-state index contributed by atoms with van der Waals surface area (Å²) in [5, 5.41) is 7.84. The van der Waals surface area contributed by atoms with Crippen molar-refractivity contribution in [3.63, 3.8) is 0 Å². The monoisotopic (exact) mass is 392 g/mol. The zero-order valence-electron chi connectivity index (χ0n) is 15.1. The van der Waals surface area contributed by atoms with Crippen molar-refractivity contribution < 1.29 is 27.8 Å². The Labute approximate surface area is 159 Å². The summed E-state index contributed by atoms with van der Waals surface area (Å²) in [4.78, 5) is 27.2. The molecule has 10 heteroatoms. The number of ether oxygens (including phenoxy) is 2. The number of carbonyl (C=O) groups is 2. The molecule has 1 saturated heterocycles. The van der Waals surface area contributed by atoms with Crippen LogP contribution in [0.2, 0.25) is 0 Å². The smallest absolute Gasteiger partial charge is 0.358 e. The van der Waals surface area contributed by atoms with Gasteiger partial charge in [-0.25, -0.2) is 13.6 Å². The number of anilines is 1. The first-order valence-electron chi connectivity index (χ1n) is 8.50. The predicted molar refractivity (Wildman–Crippen MR) is 94.0 cm³/mol. The van der Waals surface area contributed by atoms with Gasteiger partial charge in [0.1, 0.15) is 17.4 Å². The van der Waals surface area contributed by atoms with E-state index in [1.165, 1.54) is 13.2 Å². The van der Waals surface area contributed by atoms with Crippen LogP contribution in [0.1, 0.15) is 10.5 Å². The molecule has 1 amide bonds. The molecule has 3 rings (SSSR count). The topological polar surface area (TPSA) is 84.9 Å². The molecule has 1 aliphatic heterocycles. The van der Waals surface area contributed by atoms with Gasteiger partial charge < -0.3 is 19.3 Å². The first-order chi connectivity index (χ1) is 13.5. The Morgan fingerprint density at radius 3 is 2.29 bits per heavy atom. The van der Waals surface area contributed by atoms with E-state index in [1.54, 1.807) is 11.0 Å². The highest BCUT2D eigenvalue weighted by molar-refractivity contribution is 5.87. The lowest BCUT2D eigenvalue weighted by molar-refractivity contribution is -0.133. The van der Waals surface area contributed by atoms with Gasteiger partial charge in [-0.2, -0.15) is 0 Å². The molecule has 2 aromatic rings. The van der Waals surface area contributed by atoms with Crippen LogP contribution >= 0.6 is 0 Å². The zero-order chi connectivity index (χ0) is 20.1. The van der Waals surface area contributed by atoms with Crippen LogP contribution in [0.3, 0.4) is 0 Å². The van der Waals surface area contributed by atoms with E-state index in [0.717, 1.165) is 18.2 Å². The lowest BCUT2D eigenvalue weighted by Gasteiger charge is -2.35. The van der Waals surface area contributed by atoms with Gasteiger partial charge in [-0.1, -0.05) is 0 Å². The molecule has 0 atom stereocenters. The van der Waals surface area contributed by atoms with Crippen molar-refractivity contribution in [1.29, 1.82) is 0 Å². The van der Waals surface area contributed by atoms with Crippen molar-refractivity contribution in [3.8, 4) is 5.75 Å². The molecule has 0 N–H and O–H groups in total. The first-order valence-corrected chi connectivity index (χ1v) is 8.50. The van der Waals surface area contributed by atoms with Gasteiger partial charge in [-0.3, -0.25) is 4.79 Å². The van der Waals surface area contributed by atoms with Gasteiger partial charge in [0.25, 0.3) is 5.91 Å². The van der Waals surface area contributed by atoms with E-state index < -0.39 is 17.6 Å². The van der Waals surface area contributed by atoms with Crippen LogP contribution in [0.15, 0.2) is 30.3 Å². The van der Waals surface area contributed by atoms with Gasteiger partial charge in [0.05, 0.1) is 7.11 Å². The Morgan fingerprint density at radius 2 is 1.71 bits per heavy atom.